The lowest BCUT2D eigenvalue weighted by molar-refractivity contribution is -0.0107. The van der Waals surface area contributed by atoms with Crippen LogP contribution < -0.4 is 0 Å². The van der Waals surface area contributed by atoms with Crippen LogP contribution in [0.15, 0.2) is 41.8 Å². The Kier molecular flexibility index (Phi) is 3.77. The number of aromatic nitrogens is 6. The second-order valence-electron chi connectivity index (χ2n) is 7.31. The molecule has 5 aromatic heterocycles. The van der Waals surface area contributed by atoms with Gasteiger partial charge < -0.3 is 14.7 Å². The highest BCUT2D eigenvalue weighted by atomic mass is 32.1. The number of aromatic amines is 2. The molecule has 0 saturated heterocycles. The molecule has 5 aromatic rings. The van der Waals surface area contributed by atoms with Crippen LogP contribution in [-0.4, -0.2) is 46.0 Å². The minimum absolute atomic E-state index is 0.406. The average Bonchev–Trinajstić information content (AvgIpc) is 3.51. The van der Waals surface area contributed by atoms with Crippen LogP contribution in [0.2, 0.25) is 0 Å². The molecular formula is C20H18N8OS. The Morgan fingerprint density at radius 3 is 3.00 bits per heavy atom. The second kappa shape index (κ2) is 6.51. The summed E-state index contributed by atoms with van der Waals surface area (Å²) in [7, 11) is 1.94. The topological polar surface area (TPSA) is 111 Å². The molecule has 0 spiro atoms. The van der Waals surface area contributed by atoms with Crippen LogP contribution in [0.3, 0.4) is 0 Å². The molecule has 0 radical (unpaired) electrons. The van der Waals surface area contributed by atoms with Crippen molar-refractivity contribution in [1.82, 2.24) is 34.7 Å². The van der Waals surface area contributed by atoms with Crippen molar-refractivity contribution in [2.75, 3.05) is 0 Å². The standard InChI is InChI=1S/C20H18N8OS/c1-27-16-14(17-19(27)25-15(30-17)8-12-5-7-22-26-12)9-23-28(20(16)29)10-13-3-2-11-4-6-21-18(11)24-13/h2-7,9,20,29H,8,10H2,1H3,(H,21,24)(H,22,26). The van der Waals surface area contributed by atoms with Crippen LogP contribution in [0.5, 0.6) is 0 Å². The number of hydrazone groups is 1. The number of aliphatic hydroxyl groups excluding tert-OH is 1. The number of aliphatic hydroxyl groups is 1. The first-order chi connectivity index (χ1) is 14.7. The van der Waals surface area contributed by atoms with Crippen molar-refractivity contribution in [2.45, 2.75) is 19.2 Å². The first kappa shape index (κ1) is 17.4. The van der Waals surface area contributed by atoms with E-state index in [2.05, 4.69) is 25.3 Å². The predicted molar refractivity (Wildman–Crippen MR) is 114 cm³/mol. The summed E-state index contributed by atoms with van der Waals surface area (Å²) in [6, 6.07) is 7.91. The highest BCUT2D eigenvalue weighted by molar-refractivity contribution is 7.19. The van der Waals surface area contributed by atoms with Crippen LogP contribution in [0, 0.1) is 0 Å². The van der Waals surface area contributed by atoms with Crippen molar-refractivity contribution in [3.63, 3.8) is 0 Å². The van der Waals surface area contributed by atoms with Crippen molar-refractivity contribution in [1.29, 1.82) is 0 Å². The molecule has 0 fully saturated rings. The fourth-order valence-electron chi connectivity index (χ4n) is 3.92. The maximum Gasteiger partial charge on any atom is 0.184 e. The van der Waals surface area contributed by atoms with Gasteiger partial charge in [-0.15, -0.1) is 11.3 Å². The van der Waals surface area contributed by atoms with Gasteiger partial charge in [0, 0.05) is 42.5 Å². The van der Waals surface area contributed by atoms with E-state index in [0.29, 0.717) is 13.0 Å². The molecular weight excluding hydrogens is 400 g/mol. The van der Waals surface area contributed by atoms with Gasteiger partial charge in [-0.05, 0) is 24.3 Å². The maximum atomic E-state index is 11.1. The minimum Gasteiger partial charge on any atom is -0.367 e. The first-order valence-corrected chi connectivity index (χ1v) is 10.4. The third kappa shape index (κ3) is 2.65. The Morgan fingerprint density at radius 2 is 2.13 bits per heavy atom. The molecule has 10 heteroatoms. The zero-order valence-corrected chi connectivity index (χ0v) is 16.9. The number of aryl methyl sites for hydroxylation is 1. The SMILES string of the molecule is Cn1c2c(c3sc(Cc4ccn[nH]4)nc31)C=NN(Cc1ccc3cc[nH]c3n1)C2O. The molecule has 6 rings (SSSR count). The van der Waals surface area contributed by atoms with E-state index in [9.17, 15) is 5.11 Å². The molecule has 1 aliphatic heterocycles. The Morgan fingerprint density at radius 1 is 1.20 bits per heavy atom. The Balaban J connectivity index is 1.32. The summed E-state index contributed by atoms with van der Waals surface area (Å²) in [6.07, 6.45) is 5.26. The van der Waals surface area contributed by atoms with Crippen LogP contribution in [0.4, 0.5) is 0 Å². The minimum atomic E-state index is -0.867. The summed E-state index contributed by atoms with van der Waals surface area (Å²) in [4.78, 5) is 12.5. The number of hydrogen-bond acceptors (Lipinski definition) is 7. The van der Waals surface area contributed by atoms with Gasteiger partial charge in [0.25, 0.3) is 0 Å². The van der Waals surface area contributed by atoms with Crippen LogP contribution in [0.25, 0.3) is 21.4 Å². The molecule has 6 heterocycles. The Hall–Kier alpha value is -3.50. The van der Waals surface area contributed by atoms with E-state index in [-0.39, 0.29) is 0 Å². The van der Waals surface area contributed by atoms with Gasteiger partial charge in [-0.1, -0.05) is 0 Å². The number of nitrogens with zero attached hydrogens (tertiary/aromatic N) is 6. The van der Waals surface area contributed by atoms with Crippen molar-refractivity contribution in [3.8, 4) is 0 Å². The maximum absolute atomic E-state index is 11.1. The average molecular weight is 418 g/mol. The summed E-state index contributed by atoms with van der Waals surface area (Å²) in [5.41, 5.74) is 5.27. The number of thiazole rings is 1. The second-order valence-corrected chi connectivity index (χ2v) is 8.39. The molecule has 0 saturated carbocycles. The van der Waals surface area contributed by atoms with Gasteiger partial charge in [0.1, 0.15) is 10.7 Å². The number of hydrogen-bond donors (Lipinski definition) is 3. The lowest BCUT2D eigenvalue weighted by Gasteiger charge is -2.28. The van der Waals surface area contributed by atoms with E-state index in [1.807, 2.05) is 48.3 Å². The highest BCUT2D eigenvalue weighted by Crippen LogP contribution is 2.37. The largest absolute Gasteiger partial charge is 0.367 e. The lowest BCUT2D eigenvalue weighted by Crippen LogP contribution is -2.29. The van der Waals surface area contributed by atoms with Crippen LogP contribution in [0.1, 0.15) is 33.9 Å². The molecule has 150 valence electrons. The quantitative estimate of drug-likeness (QED) is 0.416. The fraction of sp³-hybridized carbons (Fsp3) is 0.200. The molecule has 30 heavy (non-hydrogen) atoms. The Bertz CT molecular complexity index is 1390. The highest BCUT2D eigenvalue weighted by Gasteiger charge is 2.30. The third-order valence-corrected chi connectivity index (χ3v) is 6.48. The van der Waals surface area contributed by atoms with Gasteiger partial charge in [-0.3, -0.25) is 10.1 Å². The van der Waals surface area contributed by atoms with E-state index >= 15 is 0 Å². The fourth-order valence-corrected chi connectivity index (χ4v) is 5.05. The zero-order valence-electron chi connectivity index (χ0n) is 16.1. The normalized spacial score (nSPS) is 16.1. The van der Waals surface area contributed by atoms with E-state index in [0.717, 1.165) is 49.0 Å². The summed E-state index contributed by atoms with van der Waals surface area (Å²) in [6.45, 7) is 0.406. The van der Waals surface area contributed by atoms with E-state index in [1.54, 1.807) is 22.5 Å². The zero-order chi connectivity index (χ0) is 20.2. The van der Waals surface area contributed by atoms with Gasteiger partial charge in [-0.25, -0.2) is 9.97 Å². The van der Waals surface area contributed by atoms with Gasteiger partial charge in [-0.2, -0.15) is 10.2 Å². The predicted octanol–water partition coefficient (Wildman–Crippen LogP) is 2.67. The van der Waals surface area contributed by atoms with Crippen LogP contribution in [-0.2, 0) is 20.0 Å². The first-order valence-electron chi connectivity index (χ1n) is 9.55. The summed E-state index contributed by atoms with van der Waals surface area (Å²) in [5, 5.41) is 26.2. The molecule has 3 N–H and O–H groups in total. The monoisotopic (exact) mass is 418 g/mol. The molecule has 9 nitrogen and oxygen atoms in total. The summed E-state index contributed by atoms with van der Waals surface area (Å²) >= 11 is 1.62. The summed E-state index contributed by atoms with van der Waals surface area (Å²) in [5.74, 6) is 0. The van der Waals surface area contributed by atoms with Gasteiger partial charge in [0.05, 0.1) is 28.8 Å². The molecule has 1 aliphatic rings. The van der Waals surface area contributed by atoms with Crippen molar-refractivity contribution in [3.05, 3.63) is 64.3 Å². The van der Waals surface area contributed by atoms with Crippen molar-refractivity contribution in [2.24, 2.45) is 12.1 Å². The number of pyridine rings is 1. The Labute approximate surface area is 174 Å². The third-order valence-electron chi connectivity index (χ3n) is 5.41. The smallest absolute Gasteiger partial charge is 0.184 e. The van der Waals surface area contributed by atoms with Gasteiger partial charge in [0.15, 0.2) is 11.9 Å². The van der Waals surface area contributed by atoms with E-state index < -0.39 is 6.23 Å². The van der Waals surface area contributed by atoms with Gasteiger partial charge >= 0.3 is 0 Å². The number of H-pyrrole nitrogens is 2. The lowest BCUT2D eigenvalue weighted by atomic mass is 10.2. The molecule has 1 atom stereocenters. The van der Waals surface area contributed by atoms with E-state index in [1.165, 1.54) is 0 Å². The van der Waals surface area contributed by atoms with Crippen molar-refractivity contribution >= 4 is 38.9 Å². The molecule has 0 aliphatic carbocycles. The van der Waals surface area contributed by atoms with Crippen LogP contribution >= 0.6 is 11.3 Å². The van der Waals surface area contributed by atoms with Gasteiger partial charge in [0.2, 0.25) is 0 Å². The summed E-state index contributed by atoms with van der Waals surface area (Å²) < 4.78 is 3.00. The molecule has 0 aromatic carbocycles. The van der Waals surface area contributed by atoms with Crippen molar-refractivity contribution < 1.29 is 5.11 Å². The molecule has 0 bridgehead atoms. The van der Waals surface area contributed by atoms with E-state index in [4.69, 9.17) is 4.98 Å². The number of nitrogens with one attached hydrogen (secondary N) is 2. The molecule has 1 unspecified atom stereocenters. The molecule has 0 amide bonds. The number of rotatable bonds is 4. The number of fused-ring (bicyclic) bond motifs is 4.